The molecule has 0 aliphatic heterocycles. The predicted octanol–water partition coefficient (Wildman–Crippen LogP) is 3.51. The van der Waals surface area contributed by atoms with E-state index in [2.05, 4.69) is 17.2 Å². The van der Waals surface area contributed by atoms with Gasteiger partial charge < -0.3 is 5.32 Å². The summed E-state index contributed by atoms with van der Waals surface area (Å²) in [6, 6.07) is 8.28. The van der Waals surface area contributed by atoms with Gasteiger partial charge in [0.2, 0.25) is 0 Å². The van der Waals surface area contributed by atoms with Gasteiger partial charge >= 0.3 is 0 Å². The second kappa shape index (κ2) is 7.84. The summed E-state index contributed by atoms with van der Waals surface area (Å²) in [6.45, 7) is 2.93. The molecule has 1 heterocycles. The number of halogens is 2. The van der Waals surface area contributed by atoms with E-state index < -0.39 is 11.6 Å². The van der Waals surface area contributed by atoms with Crippen LogP contribution in [0.1, 0.15) is 24.5 Å². The summed E-state index contributed by atoms with van der Waals surface area (Å²) < 4.78 is 27.1. The zero-order chi connectivity index (χ0) is 15.1. The molecule has 1 unspecified atom stereocenters. The van der Waals surface area contributed by atoms with Crippen molar-refractivity contribution in [3.63, 3.8) is 0 Å². The van der Waals surface area contributed by atoms with E-state index in [1.165, 1.54) is 0 Å². The summed E-state index contributed by atoms with van der Waals surface area (Å²) in [5.41, 5.74) is 1.50. The second-order valence-electron chi connectivity index (χ2n) is 5.13. The highest BCUT2D eigenvalue weighted by Crippen LogP contribution is 2.15. The van der Waals surface area contributed by atoms with E-state index in [0.29, 0.717) is 12.0 Å². The summed E-state index contributed by atoms with van der Waals surface area (Å²) in [5.74, 6) is -1.53. The van der Waals surface area contributed by atoms with E-state index in [1.807, 2.05) is 18.3 Å². The van der Waals surface area contributed by atoms with Crippen molar-refractivity contribution in [1.82, 2.24) is 10.3 Å². The highest BCUT2D eigenvalue weighted by atomic mass is 19.2. The molecule has 4 heteroatoms. The number of hydrogen-bond donors (Lipinski definition) is 1. The Kier molecular flexibility index (Phi) is 5.81. The Labute approximate surface area is 124 Å². The number of hydrogen-bond acceptors (Lipinski definition) is 2. The van der Waals surface area contributed by atoms with Gasteiger partial charge in [0.25, 0.3) is 0 Å². The second-order valence-corrected chi connectivity index (χ2v) is 5.13. The molecule has 1 aromatic carbocycles. The molecule has 1 aromatic heterocycles. The average molecular weight is 290 g/mol. The molecule has 0 fully saturated rings. The van der Waals surface area contributed by atoms with Crippen molar-refractivity contribution in [2.24, 2.45) is 0 Å². The molecule has 21 heavy (non-hydrogen) atoms. The topological polar surface area (TPSA) is 24.9 Å². The molecule has 0 saturated heterocycles. The first kappa shape index (κ1) is 15.6. The van der Waals surface area contributed by atoms with Gasteiger partial charge in [0.15, 0.2) is 11.6 Å². The standard InChI is InChI=1S/C17H20F2N2/c1-2-8-21-15(10-13-5-4-9-20-12-13)11-14-6-3-7-16(18)17(14)19/h3-7,9,12,15,21H,2,8,10-11H2,1H3. The Morgan fingerprint density at radius 1 is 1.14 bits per heavy atom. The van der Waals surface area contributed by atoms with Crippen molar-refractivity contribution in [2.75, 3.05) is 6.54 Å². The van der Waals surface area contributed by atoms with Crippen LogP contribution in [-0.4, -0.2) is 17.6 Å². The van der Waals surface area contributed by atoms with Crippen LogP contribution in [0.15, 0.2) is 42.7 Å². The lowest BCUT2D eigenvalue weighted by Gasteiger charge is -2.19. The lowest BCUT2D eigenvalue weighted by atomic mass is 9.99. The zero-order valence-corrected chi connectivity index (χ0v) is 12.2. The van der Waals surface area contributed by atoms with Gasteiger partial charge in [-0.25, -0.2) is 8.78 Å². The highest BCUT2D eigenvalue weighted by molar-refractivity contribution is 5.21. The van der Waals surface area contributed by atoms with Crippen molar-refractivity contribution in [1.29, 1.82) is 0 Å². The van der Waals surface area contributed by atoms with Crippen LogP contribution in [0.4, 0.5) is 8.78 Å². The molecule has 0 amide bonds. The van der Waals surface area contributed by atoms with E-state index in [1.54, 1.807) is 18.3 Å². The number of benzene rings is 1. The molecule has 2 aromatic rings. The van der Waals surface area contributed by atoms with Crippen LogP contribution in [0.25, 0.3) is 0 Å². The van der Waals surface area contributed by atoms with Crippen molar-refractivity contribution >= 4 is 0 Å². The number of aromatic nitrogens is 1. The third kappa shape index (κ3) is 4.60. The van der Waals surface area contributed by atoms with Crippen LogP contribution < -0.4 is 5.32 Å². The van der Waals surface area contributed by atoms with Gasteiger partial charge in [0.05, 0.1) is 0 Å². The summed E-state index contributed by atoms with van der Waals surface area (Å²) in [5, 5.41) is 3.40. The lowest BCUT2D eigenvalue weighted by molar-refractivity contribution is 0.468. The first-order chi connectivity index (χ1) is 10.2. The maximum absolute atomic E-state index is 13.8. The predicted molar refractivity (Wildman–Crippen MR) is 80.1 cm³/mol. The molecule has 2 rings (SSSR count). The molecule has 112 valence electrons. The van der Waals surface area contributed by atoms with Crippen molar-refractivity contribution in [2.45, 2.75) is 32.2 Å². The van der Waals surface area contributed by atoms with Gasteiger partial charge in [-0.3, -0.25) is 4.98 Å². The van der Waals surface area contributed by atoms with E-state index in [-0.39, 0.29) is 6.04 Å². The van der Waals surface area contributed by atoms with E-state index in [0.717, 1.165) is 31.0 Å². The van der Waals surface area contributed by atoms with Gasteiger partial charge in [-0.2, -0.15) is 0 Å². The monoisotopic (exact) mass is 290 g/mol. The maximum atomic E-state index is 13.8. The van der Waals surface area contributed by atoms with Crippen LogP contribution >= 0.6 is 0 Å². The van der Waals surface area contributed by atoms with Crippen molar-refractivity contribution in [3.05, 3.63) is 65.5 Å². The minimum absolute atomic E-state index is 0.0606. The minimum atomic E-state index is -0.789. The van der Waals surface area contributed by atoms with Gasteiger partial charge in [0.1, 0.15) is 0 Å². The Morgan fingerprint density at radius 3 is 2.71 bits per heavy atom. The molecule has 0 spiro atoms. The van der Waals surface area contributed by atoms with Crippen molar-refractivity contribution in [3.8, 4) is 0 Å². The third-order valence-electron chi connectivity index (χ3n) is 3.39. The van der Waals surface area contributed by atoms with Crippen LogP contribution in [0, 0.1) is 11.6 Å². The molecule has 0 saturated carbocycles. The SMILES string of the molecule is CCCNC(Cc1cccnc1)Cc1cccc(F)c1F. The van der Waals surface area contributed by atoms with Gasteiger partial charge in [-0.15, -0.1) is 0 Å². The van der Waals surface area contributed by atoms with E-state index in [4.69, 9.17) is 0 Å². The lowest BCUT2D eigenvalue weighted by Crippen LogP contribution is -2.34. The van der Waals surface area contributed by atoms with Crippen LogP contribution in [-0.2, 0) is 12.8 Å². The number of rotatable bonds is 7. The van der Waals surface area contributed by atoms with Crippen molar-refractivity contribution < 1.29 is 8.78 Å². The number of nitrogens with zero attached hydrogens (tertiary/aromatic N) is 1. The first-order valence-electron chi connectivity index (χ1n) is 7.26. The Bertz CT molecular complexity index is 558. The molecule has 0 radical (unpaired) electrons. The molecule has 2 nitrogen and oxygen atoms in total. The van der Waals surface area contributed by atoms with Gasteiger partial charge in [-0.1, -0.05) is 25.1 Å². The zero-order valence-electron chi connectivity index (χ0n) is 12.2. The maximum Gasteiger partial charge on any atom is 0.162 e. The molecule has 0 aliphatic carbocycles. The summed E-state index contributed by atoms with van der Waals surface area (Å²) in [7, 11) is 0. The summed E-state index contributed by atoms with van der Waals surface area (Å²) >= 11 is 0. The summed E-state index contributed by atoms with van der Waals surface area (Å²) in [4.78, 5) is 4.09. The fraction of sp³-hybridized carbons (Fsp3) is 0.353. The van der Waals surface area contributed by atoms with Crippen LogP contribution in [0.5, 0.6) is 0 Å². The summed E-state index contributed by atoms with van der Waals surface area (Å²) in [6.07, 6.45) is 5.73. The fourth-order valence-electron chi connectivity index (χ4n) is 2.34. The van der Waals surface area contributed by atoms with E-state index >= 15 is 0 Å². The molecule has 1 N–H and O–H groups in total. The quantitative estimate of drug-likeness (QED) is 0.844. The largest absolute Gasteiger partial charge is 0.313 e. The normalized spacial score (nSPS) is 12.3. The van der Waals surface area contributed by atoms with Gasteiger partial charge in [-0.05, 0) is 49.1 Å². The minimum Gasteiger partial charge on any atom is -0.313 e. The first-order valence-corrected chi connectivity index (χ1v) is 7.26. The Morgan fingerprint density at radius 2 is 2.00 bits per heavy atom. The molecule has 0 bridgehead atoms. The molecular formula is C17H20F2N2. The fourth-order valence-corrected chi connectivity index (χ4v) is 2.34. The molecule has 0 aliphatic rings. The Balaban J connectivity index is 2.10. The molecule has 1 atom stereocenters. The number of nitrogens with one attached hydrogen (secondary N) is 1. The smallest absolute Gasteiger partial charge is 0.162 e. The molecular weight excluding hydrogens is 270 g/mol. The van der Waals surface area contributed by atoms with Crippen LogP contribution in [0.2, 0.25) is 0 Å². The van der Waals surface area contributed by atoms with Gasteiger partial charge in [0, 0.05) is 18.4 Å². The number of pyridine rings is 1. The van der Waals surface area contributed by atoms with E-state index in [9.17, 15) is 8.78 Å². The third-order valence-corrected chi connectivity index (χ3v) is 3.39. The highest BCUT2D eigenvalue weighted by Gasteiger charge is 2.14. The Hall–Kier alpha value is -1.81. The average Bonchev–Trinajstić information content (AvgIpc) is 2.50. The van der Waals surface area contributed by atoms with Crippen LogP contribution in [0.3, 0.4) is 0 Å².